The van der Waals surface area contributed by atoms with Crippen molar-refractivity contribution in [2.24, 2.45) is 5.92 Å². The van der Waals surface area contributed by atoms with E-state index in [1.165, 1.54) is 0 Å². The van der Waals surface area contributed by atoms with Gasteiger partial charge in [-0.25, -0.2) is 4.98 Å². The Morgan fingerprint density at radius 2 is 1.89 bits per heavy atom. The van der Waals surface area contributed by atoms with Crippen molar-refractivity contribution in [1.82, 2.24) is 35.1 Å². The zero-order chi connectivity index (χ0) is 26.6. The van der Waals surface area contributed by atoms with Crippen molar-refractivity contribution in [3.63, 3.8) is 0 Å². The highest BCUT2D eigenvalue weighted by Crippen LogP contribution is 2.30. The molecule has 0 bridgehead atoms. The van der Waals surface area contributed by atoms with Gasteiger partial charge in [-0.15, -0.1) is 10.2 Å². The normalized spacial score (nSPS) is 14.8. The van der Waals surface area contributed by atoms with Gasteiger partial charge in [-0.05, 0) is 47.6 Å². The molecule has 1 N–H and O–H groups in total. The molecule has 1 aliphatic carbocycles. The SMILES string of the molecule is CCCCc1nc2c(c(=O)n1Cc1ccc(-c3ccccc3-c3nn[nH]n3)cc1)CC(C(=S)N(C)C)CC2. The van der Waals surface area contributed by atoms with E-state index in [4.69, 9.17) is 17.2 Å². The van der Waals surface area contributed by atoms with Crippen LogP contribution in [-0.4, -0.2) is 54.2 Å². The summed E-state index contributed by atoms with van der Waals surface area (Å²) in [5, 5.41) is 14.5. The van der Waals surface area contributed by atoms with E-state index in [0.717, 1.165) is 76.4 Å². The third kappa shape index (κ3) is 5.29. The minimum Gasteiger partial charge on any atom is -0.372 e. The van der Waals surface area contributed by atoms with E-state index < -0.39 is 0 Å². The Balaban J connectivity index is 1.46. The van der Waals surface area contributed by atoms with Crippen LogP contribution in [0.15, 0.2) is 53.3 Å². The highest BCUT2D eigenvalue weighted by Gasteiger charge is 2.28. The number of aromatic amines is 1. The lowest BCUT2D eigenvalue weighted by molar-refractivity contribution is 0.493. The maximum Gasteiger partial charge on any atom is 0.257 e. The molecule has 0 radical (unpaired) electrons. The first-order valence-electron chi connectivity index (χ1n) is 13.2. The number of aryl methyl sites for hydroxylation is 2. The Hall–Kier alpha value is -3.72. The summed E-state index contributed by atoms with van der Waals surface area (Å²) < 4.78 is 1.89. The number of unbranched alkanes of at least 4 members (excludes halogenated alkanes) is 1. The topological polar surface area (TPSA) is 92.6 Å². The molecule has 0 aliphatic heterocycles. The van der Waals surface area contributed by atoms with Crippen molar-refractivity contribution >= 4 is 17.2 Å². The van der Waals surface area contributed by atoms with Crippen molar-refractivity contribution in [2.45, 2.75) is 52.0 Å². The molecular formula is C29H33N7OS. The first-order chi connectivity index (χ1) is 18.5. The molecule has 38 heavy (non-hydrogen) atoms. The predicted molar refractivity (Wildman–Crippen MR) is 153 cm³/mol. The van der Waals surface area contributed by atoms with Crippen molar-refractivity contribution in [1.29, 1.82) is 0 Å². The first-order valence-corrected chi connectivity index (χ1v) is 13.6. The minimum atomic E-state index is 0.0823. The fourth-order valence-electron chi connectivity index (χ4n) is 5.20. The summed E-state index contributed by atoms with van der Waals surface area (Å²) >= 11 is 5.66. The van der Waals surface area contributed by atoms with Crippen LogP contribution >= 0.6 is 12.2 Å². The van der Waals surface area contributed by atoms with E-state index in [2.05, 4.69) is 57.9 Å². The molecule has 0 fully saturated rings. The third-order valence-corrected chi connectivity index (χ3v) is 7.97. The largest absolute Gasteiger partial charge is 0.372 e. The van der Waals surface area contributed by atoms with Crippen molar-refractivity contribution in [3.05, 3.63) is 81.5 Å². The van der Waals surface area contributed by atoms with Crippen LogP contribution in [0, 0.1) is 5.92 Å². The molecule has 0 amide bonds. The second kappa shape index (κ2) is 11.3. The maximum atomic E-state index is 13.8. The maximum absolute atomic E-state index is 13.8. The Bertz CT molecular complexity index is 1480. The summed E-state index contributed by atoms with van der Waals surface area (Å²) in [7, 11) is 3.96. The number of nitrogens with one attached hydrogen (secondary N) is 1. The lowest BCUT2D eigenvalue weighted by atomic mass is 9.86. The summed E-state index contributed by atoms with van der Waals surface area (Å²) in [4.78, 5) is 21.8. The zero-order valence-corrected chi connectivity index (χ0v) is 23.0. The number of benzene rings is 2. The molecule has 2 heterocycles. The van der Waals surface area contributed by atoms with Gasteiger partial charge in [0.25, 0.3) is 5.56 Å². The fraction of sp³-hybridized carbons (Fsp3) is 0.379. The first kappa shape index (κ1) is 25.9. The number of rotatable bonds is 8. The van der Waals surface area contributed by atoms with Crippen LogP contribution in [-0.2, 0) is 25.8 Å². The monoisotopic (exact) mass is 527 g/mol. The van der Waals surface area contributed by atoms with E-state index >= 15 is 0 Å². The van der Waals surface area contributed by atoms with Gasteiger partial charge in [0, 0.05) is 37.6 Å². The van der Waals surface area contributed by atoms with E-state index in [0.29, 0.717) is 18.8 Å². The van der Waals surface area contributed by atoms with Crippen molar-refractivity contribution in [2.75, 3.05) is 14.1 Å². The summed E-state index contributed by atoms with van der Waals surface area (Å²) in [5.41, 5.74) is 5.93. The Morgan fingerprint density at radius 1 is 1.13 bits per heavy atom. The Kier molecular flexibility index (Phi) is 7.74. The fourth-order valence-corrected chi connectivity index (χ4v) is 5.40. The lowest BCUT2D eigenvalue weighted by Gasteiger charge is -2.28. The quantitative estimate of drug-likeness (QED) is 0.338. The molecule has 0 saturated heterocycles. The third-order valence-electron chi connectivity index (χ3n) is 7.27. The molecule has 1 aliphatic rings. The van der Waals surface area contributed by atoms with Gasteiger partial charge in [0.1, 0.15) is 5.82 Å². The van der Waals surface area contributed by atoms with E-state index in [1.54, 1.807) is 0 Å². The van der Waals surface area contributed by atoms with Gasteiger partial charge in [-0.3, -0.25) is 9.36 Å². The number of aromatic nitrogens is 6. The van der Waals surface area contributed by atoms with E-state index in [-0.39, 0.29) is 11.5 Å². The molecule has 1 unspecified atom stereocenters. The molecule has 8 nitrogen and oxygen atoms in total. The van der Waals surface area contributed by atoms with Crippen molar-refractivity contribution in [3.8, 4) is 22.5 Å². The van der Waals surface area contributed by atoms with Crippen LogP contribution in [0.3, 0.4) is 0 Å². The Labute approximate surface area is 228 Å². The van der Waals surface area contributed by atoms with Crippen LogP contribution < -0.4 is 5.56 Å². The molecule has 4 aromatic rings. The van der Waals surface area contributed by atoms with Gasteiger partial charge < -0.3 is 4.90 Å². The van der Waals surface area contributed by atoms with Gasteiger partial charge >= 0.3 is 0 Å². The van der Waals surface area contributed by atoms with Gasteiger partial charge in [0.05, 0.1) is 17.2 Å². The predicted octanol–water partition coefficient (Wildman–Crippen LogP) is 4.48. The van der Waals surface area contributed by atoms with Gasteiger partial charge in [0.2, 0.25) is 5.82 Å². The number of thiocarbonyl (C=S) groups is 1. The van der Waals surface area contributed by atoms with Crippen LogP contribution in [0.5, 0.6) is 0 Å². The molecule has 2 aromatic heterocycles. The number of hydrogen-bond donors (Lipinski definition) is 1. The average Bonchev–Trinajstić information content (AvgIpc) is 3.48. The molecule has 196 valence electrons. The average molecular weight is 528 g/mol. The summed E-state index contributed by atoms with van der Waals surface area (Å²) in [6.07, 6.45) is 5.27. The Morgan fingerprint density at radius 3 is 2.58 bits per heavy atom. The second-order valence-electron chi connectivity index (χ2n) is 10.1. The molecule has 0 saturated carbocycles. The van der Waals surface area contributed by atoms with Gasteiger partial charge in [-0.1, -0.05) is 74.1 Å². The number of nitrogens with zero attached hydrogens (tertiary/aromatic N) is 6. The zero-order valence-electron chi connectivity index (χ0n) is 22.1. The van der Waals surface area contributed by atoms with Crippen molar-refractivity contribution < 1.29 is 0 Å². The summed E-state index contributed by atoms with van der Waals surface area (Å²) in [6.45, 7) is 2.66. The molecular weight excluding hydrogens is 494 g/mol. The molecule has 2 aromatic carbocycles. The minimum absolute atomic E-state index is 0.0823. The highest BCUT2D eigenvalue weighted by atomic mass is 32.1. The standard InChI is InChI=1S/C29H33N7OS/c1-4-5-10-26-30-25-16-15-21(29(38)35(2)3)17-24(25)28(37)36(26)18-19-11-13-20(14-12-19)22-8-6-7-9-23(22)27-31-33-34-32-27/h6-9,11-14,21H,4-5,10,15-18H2,1-3H3,(H,31,32,33,34). The number of fused-ring (bicyclic) bond motifs is 1. The number of hydrogen-bond acceptors (Lipinski definition) is 6. The lowest BCUT2D eigenvalue weighted by Crippen LogP contribution is -2.38. The van der Waals surface area contributed by atoms with Crippen LogP contribution in [0.25, 0.3) is 22.5 Å². The van der Waals surface area contributed by atoms with Crippen LogP contribution in [0.4, 0.5) is 0 Å². The highest BCUT2D eigenvalue weighted by molar-refractivity contribution is 7.80. The molecule has 1 atom stereocenters. The summed E-state index contributed by atoms with van der Waals surface area (Å²) in [5.74, 6) is 1.65. The van der Waals surface area contributed by atoms with E-state index in [9.17, 15) is 4.79 Å². The van der Waals surface area contributed by atoms with Gasteiger partial charge in [-0.2, -0.15) is 5.21 Å². The second-order valence-corrected chi connectivity index (χ2v) is 10.5. The summed E-state index contributed by atoms with van der Waals surface area (Å²) in [6, 6.07) is 16.3. The number of H-pyrrole nitrogens is 1. The smallest absolute Gasteiger partial charge is 0.257 e. The van der Waals surface area contributed by atoms with E-state index in [1.807, 2.05) is 41.8 Å². The van der Waals surface area contributed by atoms with Crippen LogP contribution in [0.1, 0.15) is 48.8 Å². The molecule has 0 spiro atoms. The molecule has 5 rings (SSSR count). The van der Waals surface area contributed by atoms with Crippen LogP contribution in [0.2, 0.25) is 0 Å². The number of tetrazole rings is 1. The molecule has 9 heteroatoms. The van der Waals surface area contributed by atoms with Gasteiger partial charge in [0.15, 0.2) is 0 Å².